The molecule has 9 aromatic rings. The van der Waals surface area contributed by atoms with E-state index in [-0.39, 0.29) is 5.41 Å². The van der Waals surface area contributed by atoms with E-state index in [1.165, 1.54) is 87.3 Å². The predicted octanol–water partition coefficient (Wildman–Crippen LogP) is 12.1. The molecule has 3 aromatic heterocycles. The third kappa shape index (κ3) is 3.68. The number of hydrogen-bond acceptors (Lipinski definition) is 3. The number of aromatic nitrogens is 4. The largest absolute Gasteiger partial charge is 0.309 e. The number of nitrogens with zero attached hydrogens (tertiary/aromatic N) is 4. The van der Waals surface area contributed by atoms with Crippen LogP contribution in [0.15, 0.2) is 137 Å². The van der Waals surface area contributed by atoms with Crippen molar-refractivity contribution in [2.24, 2.45) is 0 Å². The highest BCUT2D eigenvalue weighted by Crippen LogP contribution is 2.53. The van der Waals surface area contributed by atoms with Gasteiger partial charge in [0.1, 0.15) is 0 Å². The number of para-hydroxylation sites is 2. The number of rotatable bonds is 2. The second-order valence-electron chi connectivity index (χ2n) is 14.9. The van der Waals surface area contributed by atoms with Gasteiger partial charge in [-0.15, -0.1) is 0 Å². The van der Waals surface area contributed by atoms with Gasteiger partial charge in [0.05, 0.1) is 33.5 Å². The Balaban J connectivity index is 1.13. The molecule has 0 fully saturated rings. The molecule has 6 aromatic carbocycles. The van der Waals surface area contributed by atoms with Crippen LogP contribution in [0.2, 0.25) is 0 Å². The fourth-order valence-electron chi connectivity index (χ4n) is 9.38. The summed E-state index contributed by atoms with van der Waals surface area (Å²) in [6.45, 7) is 4.79. The van der Waals surface area contributed by atoms with E-state index >= 15 is 0 Å². The predicted molar refractivity (Wildman–Crippen MR) is 215 cm³/mol. The molecule has 12 rings (SSSR count). The molecule has 3 aliphatic rings. The molecule has 0 unspecified atom stereocenters. The van der Waals surface area contributed by atoms with Crippen LogP contribution in [-0.4, -0.2) is 19.1 Å². The maximum absolute atomic E-state index is 5.44. The molecule has 0 saturated carbocycles. The first-order valence-electron chi connectivity index (χ1n) is 18.1. The molecule has 1 aliphatic heterocycles. The Morgan fingerprint density at radius 2 is 1.35 bits per heavy atom. The lowest BCUT2D eigenvalue weighted by molar-refractivity contribution is 0.661. The Labute approximate surface area is 305 Å². The number of allylic oxidation sites excluding steroid dienone is 1. The van der Waals surface area contributed by atoms with Crippen molar-refractivity contribution in [1.29, 1.82) is 0 Å². The van der Waals surface area contributed by atoms with Gasteiger partial charge in [0.15, 0.2) is 0 Å². The Morgan fingerprint density at radius 1 is 0.615 bits per heavy atom. The second kappa shape index (κ2) is 10.1. The molecule has 0 bridgehead atoms. The molecule has 0 spiro atoms. The molecule has 2 aliphatic carbocycles. The Morgan fingerprint density at radius 3 is 2.21 bits per heavy atom. The average molecular weight is 685 g/mol. The van der Waals surface area contributed by atoms with Crippen LogP contribution in [0.4, 0.5) is 0 Å². The van der Waals surface area contributed by atoms with Gasteiger partial charge in [-0.1, -0.05) is 92.3 Å². The van der Waals surface area contributed by atoms with Gasteiger partial charge in [0, 0.05) is 48.0 Å². The van der Waals surface area contributed by atoms with Gasteiger partial charge in [0.25, 0.3) is 0 Å². The van der Waals surface area contributed by atoms with E-state index in [9.17, 15) is 0 Å². The van der Waals surface area contributed by atoms with Crippen molar-refractivity contribution in [3.63, 3.8) is 0 Å². The fraction of sp³-hybridized carbons (Fsp3) is 0.106. The van der Waals surface area contributed by atoms with E-state index in [4.69, 9.17) is 9.97 Å². The zero-order chi connectivity index (χ0) is 34.3. The van der Waals surface area contributed by atoms with E-state index in [0.29, 0.717) is 0 Å². The minimum absolute atomic E-state index is 0.211. The number of benzene rings is 6. The smallest absolute Gasteiger partial charge is 0.235 e. The average Bonchev–Trinajstić information content (AvgIpc) is 3.76. The normalized spacial score (nSPS) is 15.0. The Hall–Kier alpha value is -5.91. The summed E-state index contributed by atoms with van der Waals surface area (Å²) in [5.74, 6) is 0.738. The lowest BCUT2D eigenvalue weighted by atomic mass is 9.82. The maximum atomic E-state index is 5.44. The monoisotopic (exact) mass is 684 g/mol. The molecule has 0 saturated heterocycles. The lowest BCUT2D eigenvalue weighted by Gasteiger charge is -2.22. The van der Waals surface area contributed by atoms with Crippen molar-refractivity contribution in [2.45, 2.75) is 41.9 Å². The summed E-state index contributed by atoms with van der Waals surface area (Å²) in [5.41, 5.74) is 15.8. The van der Waals surface area contributed by atoms with Crippen LogP contribution < -0.4 is 0 Å². The number of hydrogen-bond donors (Lipinski definition) is 0. The molecule has 52 heavy (non-hydrogen) atoms. The van der Waals surface area contributed by atoms with Gasteiger partial charge in [0.2, 0.25) is 5.95 Å². The first kappa shape index (κ1) is 28.8. The number of fused-ring (bicyclic) bond motifs is 11. The summed E-state index contributed by atoms with van der Waals surface area (Å²) in [6.07, 6.45) is 6.63. The van der Waals surface area contributed by atoms with E-state index in [0.717, 1.165) is 35.4 Å². The summed E-state index contributed by atoms with van der Waals surface area (Å²) < 4.78 is 4.78. The highest BCUT2D eigenvalue weighted by Gasteiger charge is 2.38. The van der Waals surface area contributed by atoms with E-state index in [1.54, 1.807) is 0 Å². The third-order valence-corrected chi connectivity index (χ3v) is 12.9. The van der Waals surface area contributed by atoms with Crippen molar-refractivity contribution >= 4 is 61.4 Å². The van der Waals surface area contributed by atoms with Crippen molar-refractivity contribution in [1.82, 2.24) is 19.1 Å². The SMILES string of the molecule is CC1(C)c2cc3c(cc2-c2cc4c5ccccc5n(-c5ccccc5)c4cc21)c1c(n3-c2nc3c4c(cccc4n2)Sc2ccccc2-3)C=CCC1. The van der Waals surface area contributed by atoms with Gasteiger partial charge in [-0.3, -0.25) is 4.57 Å². The standard InChI is InChI=1S/C47H32N4S/c1-47(2)35-25-40-33(28-15-6-9-19-38(28)50(40)27-13-4-3-5-14-27)23-31(35)32-24-34-29-16-7-10-20-39(29)51(41(34)26-36(32)47)46-48-37-18-12-22-43-44(37)45(49-46)30-17-8-11-21-42(30)52-43/h3-6,8-15,17-26H,7,16H2,1-2H3. The highest BCUT2D eigenvalue weighted by atomic mass is 32.2. The van der Waals surface area contributed by atoms with E-state index in [1.807, 2.05) is 11.8 Å². The molecule has 246 valence electrons. The summed E-state index contributed by atoms with van der Waals surface area (Å²) in [7, 11) is 0. The molecule has 0 radical (unpaired) electrons. The Bertz CT molecular complexity index is 3070. The molecule has 0 atom stereocenters. The lowest BCUT2D eigenvalue weighted by Crippen LogP contribution is -2.15. The van der Waals surface area contributed by atoms with Crippen molar-refractivity contribution < 1.29 is 0 Å². The first-order chi connectivity index (χ1) is 25.5. The van der Waals surface area contributed by atoms with E-state index in [2.05, 4.69) is 156 Å². The van der Waals surface area contributed by atoms with Gasteiger partial charge < -0.3 is 4.57 Å². The van der Waals surface area contributed by atoms with Crippen LogP contribution in [0, 0.1) is 0 Å². The molecule has 4 nitrogen and oxygen atoms in total. The second-order valence-corrected chi connectivity index (χ2v) is 16.0. The summed E-state index contributed by atoms with van der Waals surface area (Å²) in [5, 5.41) is 5.02. The van der Waals surface area contributed by atoms with Crippen molar-refractivity contribution in [2.75, 3.05) is 0 Å². The number of aryl methyl sites for hydroxylation is 1. The zero-order valence-electron chi connectivity index (χ0n) is 28.8. The molecule has 0 N–H and O–H groups in total. The van der Waals surface area contributed by atoms with Crippen LogP contribution in [0.5, 0.6) is 0 Å². The minimum Gasteiger partial charge on any atom is -0.309 e. The topological polar surface area (TPSA) is 35.6 Å². The van der Waals surface area contributed by atoms with Crippen LogP contribution in [0.3, 0.4) is 0 Å². The molecule has 0 amide bonds. The molecule has 4 heterocycles. The van der Waals surface area contributed by atoms with Gasteiger partial charge in [-0.25, -0.2) is 9.97 Å². The van der Waals surface area contributed by atoms with Crippen molar-refractivity contribution in [3.05, 3.63) is 150 Å². The van der Waals surface area contributed by atoms with Crippen LogP contribution in [0.1, 0.15) is 42.7 Å². The molecule has 5 heteroatoms. The maximum Gasteiger partial charge on any atom is 0.235 e. The Kier molecular flexibility index (Phi) is 5.59. The minimum atomic E-state index is -0.211. The van der Waals surface area contributed by atoms with Gasteiger partial charge in [-0.05, 0) is 107 Å². The van der Waals surface area contributed by atoms with Gasteiger partial charge >= 0.3 is 0 Å². The zero-order valence-corrected chi connectivity index (χ0v) is 29.6. The van der Waals surface area contributed by atoms with Crippen molar-refractivity contribution in [3.8, 4) is 34.0 Å². The summed E-state index contributed by atoms with van der Waals surface area (Å²) in [4.78, 5) is 13.2. The highest BCUT2D eigenvalue weighted by molar-refractivity contribution is 7.99. The van der Waals surface area contributed by atoms with Gasteiger partial charge in [-0.2, -0.15) is 0 Å². The molecular weight excluding hydrogens is 653 g/mol. The summed E-state index contributed by atoms with van der Waals surface area (Å²) >= 11 is 1.81. The van der Waals surface area contributed by atoms with E-state index < -0.39 is 0 Å². The molecular formula is C47H32N4S. The van der Waals surface area contributed by atoms with Crippen LogP contribution in [-0.2, 0) is 11.8 Å². The summed E-state index contributed by atoms with van der Waals surface area (Å²) in [6, 6.07) is 44.6. The first-order valence-corrected chi connectivity index (χ1v) is 19.0. The van der Waals surface area contributed by atoms with Crippen LogP contribution >= 0.6 is 11.8 Å². The van der Waals surface area contributed by atoms with Crippen LogP contribution in [0.25, 0.3) is 83.7 Å². The quantitative estimate of drug-likeness (QED) is 0.182. The fourth-order valence-corrected chi connectivity index (χ4v) is 10.5. The third-order valence-electron chi connectivity index (χ3n) is 11.8.